The normalized spacial score (nSPS) is 15.0. The van der Waals surface area contributed by atoms with Crippen molar-refractivity contribution in [2.24, 2.45) is 0 Å². The van der Waals surface area contributed by atoms with E-state index in [-0.39, 0.29) is 11.5 Å². The van der Waals surface area contributed by atoms with Crippen LogP contribution in [0.2, 0.25) is 0 Å². The molecule has 0 amide bonds. The third-order valence-corrected chi connectivity index (χ3v) is 3.14. The Kier molecular flexibility index (Phi) is 3.40. The molecule has 0 unspecified atom stereocenters. The van der Waals surface area contributed by atoms with Crippen molar-refractivity contribution in [3.63, 3.8) is 0 Å². The van der Waals surface area contributed by atoms with Crippen LogP contribution in [0.3, 0.4) is 0 Å². The average Bonchev–Trinajstić information content (AvgIpc) is 2.71. The predicted octanol–water partition coefficient (Wildman–Crippen LogP) is 3.87. The quantitative estimate of drug-likeness (QED) is 0.845. The lowest BCUT2D eigenvalue weighted by molar-refractivity contribution is -0.286. The highest BCUT2D eigenvalue weighted by molar-refractivity contribution is 9.10. The summed E-state index contributed by atoms with van der Waals surface area (Å²) < 4.78 is 35.3. The topological polar surface area (TPSA) is 56.3 Å². The monoisotopic (exact) mass is 357 g/mol. The smallest absolute Gasteiger partial charge is 0.395 e. The van der Waals surface area contributed by atoms with Gasteiger partial charge < -0.3 is 14.8 Å². The van der Waals surface area contributed by atoms with Crippen LogP contribution >= 0.6 is 15.9 Å². The van der Waals surface area contributed by atoms with Gasteiger partial charge in [0.25, 0.3) is 0 Å². The molecule has 1 aliphatic heterocycles. The van der Waals surface area contributed by atoms with E-state index in [1.54, 1.807) is 12.1 Å². The molecule has 2 heterocycles. The van der Waals surface area contributed by atoms with Gasteiger partial charge in [-0.2, -0.15) is 0 Å². The maximum absolute atomic E-state index is 13.0. The molecule has 0 aliphatic carbocycles. The van der Waals surface area contributed by atoms with E-state index in [1.165, 1.54) is 12.1 Å². The Morgan fingerprint density at radius 2 is 1.95 bits per heavy atom. The number of alkyl halides is 2. The summed E-state index contributed by atoms with van der Waals surface area (Å²) in [7, 11) is 0. The molecule has 3 rings (SSSR count). The molecule has 21 heavy (non-hydrogen) atoms. The van der Waals surface area contributed by atoms with Gasteiger partial charge in [-0.25, -0.2) is 9.97 Å². The third-order valence-electron chi connectivity index (χ3n) is 2.73. The van der Waals surface area contributed by atoms with Crippen molar-refractivity contribution < 1.29 is 18.3 Å². The fourth-order valence-corrected chi connectivity index (χ4v) is 2.28. The fourth-order valence-electron chi connectivity index (χ4n) is 1.86. The van der Waals surface area contributed by atoms with Crippen LogP contribution < -0.4 is 14.8 Å². The Morgan fingerprint density at radius 1 is 1.19 bits per heavy atom. The largest absolute Gasteiger partial charge is 0.586 e. The van der Waals surface area contributed by atoms with Crippen molar-refractivity contribution >= 4 is 27.4 Å². The molecule has 110 valence electrons. The highest BCUT2D eigenvalue weighted by Crippen LogP contribution is 2.42. The summed E-state index contributed by atoms with van der Waals surface area (Å²) in [5.74, 6) is 1.20. The number of aromatic nitrogens is 2. The van der Waals surface area contributed by atoms with Crippen molar-refractivity contribution in [1.29, 1.82) is 0 Å². The zero-order valence-corrected chi connectivity index (χ0v) is 12.4. The van der Waals surface area contributed by atoms with Crippen LogP contribution in [0.15, 0.2) is 28.9 Å². The van der Waals surface area contributed by atoms with Crippen LogP contribution in [-0.4, -0.2) is 16.3 Å². The zero-order chi connectivity index (χ0) is 15.0. The van der Waals surface area contributed by atoms with Crippen LogP contribution in [0.1, 0.15) is 12.7 Å². The molecule has 0 saturated heterocycles. The van der Waals surface area contributed by atoms with E-state index in [0.717, 1.165) is 0 Å². The van der Waals surface area contributed by atoms with E-state index < -0.39 is 6.29 Å². The number of nitrogens with one attached hydrogen (secondary N) is 1. The summed E-state index contributed by atoms with van der Waals surface area (Å²) >= 11 is 3.30. The first-order chi connectivity index (χ1) is 9.95. The summed E-state index contributed by atoms with van der Waals surface area (Å²) in [5.41, 5.74) is 0.558. The van der Waals surface area contributed by atoms with Crippen molar-refractivity contribution in [2.75, 3.05) is 5.32 Å². The minimum Gasteiger partial charge on any atom is -0.395 e. The third kappa shape index (κ3) is 3.05. The first-order valence-electron chi connectivity index (χ1n) is 6.15. The lowest BCUT2D eigenvalue weighted by Crippen LogP contribution is -2.25. The van der Waals surface area contributed by atoms with Gasteiger partial charge in [-0.1, -0.05) is 6.92 Å². The predicted molar refractivity (Wildman–Crippen MR) is 75.0 cm³/mol. The SMILES string of the molecule is CCc1nc(Br)cc(Nc2ccc3c(c2)OC(F)(F)O3)n1. The molecule has 1 aliphatic rings. The number of nitrogens with zero attached hydrogens (tertiary/aromatic N) is 2. The lowest BCUT2D eigenvalue weighted by Gasteiger charge is -2.08. The van der Waals surface area contributed by atoms with Crippen molar-refractivity contribution in [2.45, 2.75) is 19.6 Å². The first-order valence-corrected chi connectivity index (χ1v) is 6.95. The van der Waals surface area contributed by atoms with Crippen LogP contribution in [0.25, 0.3) is 0 Å². The number of rotatable bonds is 3. The highest BCUT2D eigenvalue weighted by Gasteiger charge is 2.43. The summed E-state index contributed by atoms with van der Waals surface area (Å²) in [6.07, 6.45) is -2.93. The molecule has 0 fully saturated rings. The van der Waals surface area contributed by atoms with Gasteiger partial charge in [-0.3, -0.25) is 0 Å². The van der Waals surface area contributed by atoms with Gasteiger partial charge in [0.1, 0.15) is 16.2 Å². The minimum atomic E-state index is -3.62. The standard InChI is InChI=1S/C13H10BrF2N3O2/c1-2-11-18-10(14)6-12(19-11)17-7-3-4-8-9(5-7)21-13(15,16)20-8/h3-6H,2H2,1H3,(H,17,18,19). The number of hydrogen-bond acceptors (Lipinski definition) is 5. The van der Waals surface area contributed by atoms with E-state index in [0.29, 0.717) is 28.4 Å². The number of fused-ring (bicyclic) bond motifs is 1. The number of anilines is 2. The molecule has 1 N–H and O–H groups in total. The van der Waals surface area contributed by atoms with Crippen molar-refractivity contribution in [1.82, 2.24) is 9.97 Å². The van der Waals surface area contributed by atoms with Gasteiger partial charge >= 0.3 is 6.29 Å². The molecule has 1 aromatic carbocycles. The van der Waals surface area contributed by atoms with E-state index in [4.69, 9.17) is 0 Å². The van der Waals surface area contributed by atoms with E-state index in [2.05, 4.69) is 40.7 Å². The maximum Gasteiger partial charge on any atom is 0.586 e. The highest BCUT2D eigenvalue weighted by atomic mass is 79.9. The number of ether oxygens (including phenoxy) is 2. The molecule has 0 bridgehead atoms. The maximum atomic E-state index is 13.0. The molecular formula is C13H10BrF2N3O2. The first kappa shape index (κ1) is 14.0. The second kappa shape index (κ2) is 5.10. The summed E-state index contributed by atoms with van der Waals surface area (Å²) in [4.78, 5) is 8.49. The number of benzene rings is 1. The minimum absolute atomic E-state index is 0.00339. The van der Waals surface area contributed by atoms with Gasteiger partial charge in [-0.15, -0.1) is 8.78 Å². The zero-order valence-electron chi connectivity index (χ0n) is 10.9. The Balaban J connectivity index is 1.85. The summed E-state index contributed by atoms with van der Waals surface area (Å²) in [5, 5.41) is 3.01. The number of aryl methyl sites for hydroxylation is 1. The number of hydrogen-bond donors (Lipinski definition) is 1. The summed E-state index contributed by atoms with van der Waals surface area (Å²) in [6, 6.07) is 6.14. The molecule has 0 saturated carbocycles. The van der Waals surface area contributed by atoms with Gasteiger partial charge in [-0.05, 0) is 28.1 Å². The Hall–Kier alpha value is -1.96. The average molecular weight is 358 g/mol. The molecular weight excluding hydrogens is 348 g/mol. The summed E-state index contributed by atoms with van der Waals surface area (Å²) in [6.45, 7) is 1.94. The van der Waals surface area contributed by atoms with Gasteiger partial charge in [0.2, 0.25) is 0 Å². The van der Waals surface area contributed by atoms with Gasteiger partial charge in [0.15, 0.2) is 11.5 Å². The molecule has 1 aromatic heterocycles. The van der Waals surface area contributed by atoms with Gasteiger partial charge in [0, 0.05) is 24.2 Å². The molecule has 5 nitrogen and oxygen atoms in total. The number of halogens is 3. The van der Waals surface area contributed by atoms with Crippen LogP contribution in [0.4, 0.5) is 20.3 Å². The Bertz CT molecular complexity index is 697. The van der Waals surface area contributed by atoms with Crippen LogP contribution in [0, 0.1) is 0 Å². The Labute approximate surface area is 127 Å². The van der Waals surface area contributed by atoms with Gasteiger partial charge in [0.05, 0.1) is 0 Å². The molecule has 0 spiro atoms. The van der Waals surface area contributed by atoms with Crippen molar-refractivity contribution in [3.8, 4) is 11.5 Å². The van der Waals surface area contributed by atoms with Crippen LogP contribution in [-0.2, 0) is 6.42 Å². The van der Waals surface area contributed by atoms with E-state index in [9.17, 15) is 8.78 Å². The molecule has 2 aromatic rings. The molecule has 8 heteroatoms. The lowest BCUT2D eigenvalue weighted by atomic mass is 10.3. The second-order valence-electron chi connectivity index (χ2n) is 4.30. The van der Waals surface area contributed by atoms with Crippen molar-refractivity contribution in [3.05, 3.63) is 34.7 Å². The van der Waals surface area contributed by atoms with E-state index in [1.807, 2.05) is 6.92 Å². The van der Waals surface area contributed by atoms with Crippen LogP contribution in [0.5, 0.6) is 11.5 Å². The molecule has 0 atom stereocenters. The van der Waals surface area contributed by atoms with E-state index >= 15 is 0 Å². The molecule has 0 radical (unpaired) electrons. The Morgan fingerprint density at radius 3 is 2.71 bits per heavy atom. The second-order valence-corrected chi connectivity index (χ2v) is 5.11. The fraction of sp³-hybridized carbons (Fsp3) is 0.231.